The van der Waals surface area contributed by atoms with E-state index in [0.29, 0.717) is 24.3 Å². The number of aryl methyl sites for hydroxylation is 1. The zero-order valence-corrected chi connectivity index (χ0v) is 10.8. The molecule has 1 aliphatic rings. The second kappa shape index (κ2) is 3.95. The number of nitrogens with zero attached hydrogens (tertiary/aromatic N) is 1. The molecule has 0 amide bonds. The van der Waals surface area contributed by atoms with Crippen LogP contribution in [0.5, 0.6) is 0 Å². The zero-order chi connectivity index (χ0) is 12.8. The van der Waals surface area contributed by atoms with Crippen LogP contribution in [0.25, 0.3) is 10.8 Å². The van der Waals surface area contributed by atoms with Gasteiger partial charge in [-0.2, -0.15) is 0 Å². The van der Waals surface area contributed by atoms with E-state index >= 15 is 0 Å². The van der Waals surface area contributed by atoms with Crippen LogP contribution < -0.4 is 0 Å². The lowest BCUT2D eigenvalue weighted by Crippen LogP contribution is -2.42. The fraction of sp³-hybridized carbons (Fsp3) is 0.385. The van der Waals surface area contributed by atoms with Gasteiger partial charge in [-0.1, -0.05) is 6.42 Å². The molecule has 0 aliphatic heterocycles. The fourth-order valence-corrected chi connectivity index (χ4v) is 3.14. The number of hydrogen-bond donors (Lipinski definition) is 1. The Bertz CT molecular complexity index is 595. The van der Waals surface area contributed by atoms with Gasteiger partial charge in [0, 0.05) is 5.38 Å². The maximum Gasteiger partial charge on any atom is 0.315 e. The van der Waals surface area contributed by atoms with Gasteiger partial charge in [-0.15, -0.1) is 11.3 Å². The van der Waals surface area contributed by atoms with E-state index in [1.54, 1.807) is 0 Å². The van der Waals surface area contributed by atoms with Crippen molar-refractivity contribution in [1.29, 1.82) is 0 Å². The van der Waals surface area contributed by atoms with Gasteiger partial charge in [-0.3, -0.25) is 4.79 Å². The summed E-state index contributed by atoms with van der Waals surface area (Å²) in [4.78, 5) is 15.8. The summed E-state index contributed by atoms with van der Waals surface area (Å²) in [6.45, 7) is 1.88. The van der Waals surface area contributed by atoms with Gasteiger partial charge in [0.15, 0.2) is 10.8 Å². The first-order valence-corrected chi connectivity index (χ1v) is 6.76. The minimum absolute atomic E-state index is 0.676. The van der Waals surface area contributed by atoms with Crippen LogP contribution in [0.1, 0.15) is 30.7 Å². The van der Waals surface area contributed by atoms with Crippen LogP contribution in [-0.4, -0.2) is 16.1 Å². The number of aliphatic carboxylic acids is 1. The molecule has 1 fully saturated rings. The summed E-state index contributed by atoms with van der Waals surface area (Å²) in [5.74, 6) is 0.781. The normalized spacial score (nSPS) is 17.4. The average molecular weight is 263 g/mol. The molecule has 2 aromatic rings. The molecule has 0 spiro atoms. The van der Waals surface area contributed by atoms with Crippen molar-refractivity contribution in [3.63, 3.8) is 0 Å². The molecule has 0 saturated heterocycles. The van der Waals surface area contributed by atoms with E-state index in [-0.39, 0.29) is 0 Å². The Labute approximate surface area is 108 Å². The van der Waals surface area contributed by atoms with Crippen molar-refractivity contribution in [3.8, 4) is 10.8 Å². The van der Waals surface area contributed by atoms with Crippen molar-refractivity contribution >= 4 is 17.3 Å². The largest absolute Gasteiger partial charge is 0.481 e. The molecule has 2 aromatic heterocycles. The first-order valence-electron chi connectivity index (χ1n) is 5.88. The molecule has 1 aliphatic carbocycles. The Kier molecular flexibility index (Phi) is 2.52. The maximum absolute atomic E-state index is 11.4. The van der Waals surface area contributed by atoms with Gasteiger partial charge >= 0.3 is 5.97 Å². The first-order chi connectivity index (χ1) is 8.62. The number of carboxylic acids is 1. The highest BCUT2D eigenvalue weighted by atomic mass is 32.1. The molecule has 94 valence electrons. The first kappa shape index (κ1) is 11.5. The smallest absolute Gasteiger partial charge is 0.315 e. The minimum atomic E-state index is -0.763. The standard InChI is InChI=1S/C13H13NO3S/c1-8-3-4-9(17-8)11-14-10(7-18-11)13(12(15)16)5-2-6-13/h3-4,7H,2,5-6H2,1H3,(H,15,16). The summed E-state index contributed by atoms with van der Waals surface area (Å²) in [6, 6.07) is 3.75. The predicted molar refractivity (Wildman–Crippen MR) is 67.7 cm³/mol. The van der Waals surface area contributed by atoms with E-state index < -0.39 is 11.4 Å². The molecule has 0 atom stereocenters. The van der Waals surface area contributed by atoms with Crippen LogP contribution in [0.3, 0.4) is 0 Å². The van der Waals surface area contributed by atoms with Crippen LogP contribution >= 0.6 is 11.3 Å². The van der Waals surface area contributed by atoms with Gasteiger partial charge in [-0.25, -0.2) is 4.98 Å². The molecule has 18 heavy (non-hydrogen) atoms. The van der Waals surface area contributed by atoms with Gasteiger partial charge < -0.3 is 9.52 Å². The summed E-state index contributed by atoms with van der Waals surface area (Å²) < 4.78 is 5.51. The second-order valence-electron chi connectivity index (χ2n) is 4.69. The van der Waals surface area contributed by atoms with Crippen molar-refractivity contribution in [2.45, 2.75) is 31.6 Å². The molecule has 0 unspecified atom stereocenters. The summed E-state index contributed by atoms with van der Waals surface area (Å²) in [5.41, 5.74) is -0.0774. The monoisotopic (exact) mass is 263 g/mol. The quantitative estimate of drug-likeness (QED) is 0.923. The van der Waals surface area contributed by atoms with Crippen LogP contribution in [0, 0.1) is 6.92 Å². The SMILES string of the molecule is Cc1ccc(-c2nc(C3(C(=O)O)CCC3)cs2)o1. The Balaban J connectivity index is 1.96. The Hall–Kier alpha value is -1.62. The van der Waals surface area contributed by atoms with Crippen molar-refractivity contribution in [3.05, 3.63) is 29.0 Å². The van der Waals surface area contributed by atoms with Crippen molar-refractivity contribution < 1.29 is 14.3 Å². The lowest BCUT2D eigenvalue weighted by Gasteiger charge is -2.35. The number of carbonyl (C=O) groups is 1. The third kappa shape index (κ3) is 1.58. The van der Waals surface area contributed by atoms with E-state index in [1.165, 1.54) is 11.3 Å². The number of rotatable bonds is 3. The molecule has 5 heteroatoms. The molecule has 1 N–H and O–H groups in total. The second-order valence-corrected chi connectivity index (χ2v) is 5.55. The molecule has 2 heterocycles. The van der Waals surface area contributed by atoms with Crippen LogP contribution in [-0.2, 0) is 10.2 Å². The molecule has 1 saturated carbocycles. The van der Waals surface area contributed by atoms with E-state index in [1.807, 2.05) is 24.4 Å². The van der Waals surface area contributed by atoms with Gasteiger partial charge in [0.05, 0.1) is 5.69 Å². The molecule has 3 rings (SSSR count). The van der Waals surface area contributed by atoms with Gasteiger partial charge in [0.25, 0.3) is 0 Å². The number of aromatic nitrogens is 1. The van der Waals surface area contributed by atoms with Crippen LogP contribution in [0.15, 0.2) is 21.9 Å². The zero-order valence-electron chi connectivity index (χ0n) is 9.97. The Morgan fingerprint density at radius 1 is 1.50 bits per heavy atom. The molecule has 4 nitrogen and oxygen atoms in total. The number of furan rings is 1. The molecule has 0 bridgehead atoms. The summed E-state index contributed by atoms with van der Waals surface area (Å²) in [7, 11) is 0. The molecular formula is C13H13NO3S. The van der Waals surface area contributed by atoms with Gasteiger partial charge in [0.1, 0.15) is 11.2 Å². The lowest BCUT2D eigenvalue weighted by molar-refractivity contribution is -0.147. The van der Waals surface area contributed by atoms with Crippen molar-refractivity contribution in [2.75, 3.05) is 0 Å². The summed E-state index contributed by atoms with van der Waals surface area (Å²) in [5, 5.41) is 12.0. The van der Waals surface area contributed by atoms with E-state index in [2.05, 4.69) is 4.98 Å². The summed E-state index contributed by atoms with van der Waals surface area (Å²) >= 11 is 1.44. The van der Waals surface area contributed by atoms with E-state index in [0.717, 1.165) is 17.2 Å². The minimum Gasteiger partial charge on any atom is -0.481 e. The summed E-state index contributed by atoms with van der Waals surface area (Å²) in [6.07, 6.45) is 2.32. The van der Waals surface area contributed by atoms with Crippen LogP contribution in [0.2, 0.25) is 0 Å². The topological polar surface area (TPSA) is 63.3 Å². The van der Waals surface area contributed by atoms with Crippen LogP contribution in [0.4, 0.5) is 0 Å². The van der Waals surface area contributed by atoms with Gasteiger partial charge in [0.2, 0.25) is 0 Å². The average Bonchev–Trinajstić information content (AvgIpc) is 2.84. The third-order valence-corrected chi connectivity index (χ3v) is 4.42. The Morgan fingerprint density at radius 3 is 2.78 bits per heavy atom. The van der Waals surface area contributed by atoms with E-state index in [4.69, 9.17) is 4.42 Å². The number of carboxylic acid groups (broad SMARTS) is 1. The predicted octanol–water partition coefficient (Wildman–Crippen LogP) is 3.22. The molecule has 0 aromatic carbocycles. The highest BCUT2D eigenvalue weighted by molar-refractivity contribution is 7.13. The Morgan fingerprint density at radius 2 is 2.28 bits per heavy atom. The molecule has 0 radical (unpaired) electrons. The van der Waals surface area contributed by atoms with Gasteiger partial charge in [-0.05, 0) is 31.9 Å². The van der Waals surface area contributed by atoms with Crippen molar-refractivity contribution in [2.24, 2.45) is 0 Å². The lowest BCUT2D eigenvalue weighted by atomic mass is 9.67. The fourth-order valence-electron chi connectivity index (χ4n) is 2.27. The molecular weight excluding hydrogens is 250 g/mol. The van der Waals surface area contributed by atoms with Crippen molar-refractivity contribution in [1.82, 2.24) is 4.98 Å². The number of hydrogen-bond acceptors (Lipinski definition) is 4. The highest BCUT2D eigenvalue weighted by Crippen LogP contribution is 2.45. The number of thiazole rings is 1. The third-order valence-electron chi connectivity index (χ3n) is 3.56. The highest BCUT2D eigenvalue weighted by Gasteiger charge is 2.47. The maximum atomic E-state index is 11.4. The van der Waals surface area contributed by atoms with E-state index in [9.17, 15) is 9.90 Å².